The van der Waals surface area contributed by atoms with Crippen LogP contribution in [0.15, 0.2) is 65.5 Å². The molecule has 0 atom stereocenters. The Bertz CT molecular complexity index is 1190. The number of benzene rings is 2. The smallest absolute Gasteiger partial charge is 0.192 e. The van der Waals surface area contributed by atoms with E-state index in [9.17, 15) is 4.79 Å². The number of halogens is 1. The number of anilines is 1. The highest BCUT2D eigenvalue weighted by Crippen LogP contribution is 2.46. The summed E-state index contributed by atoms with van der Waals surface area (Å²) < 4.78 is 7.26. The van der Waals surface area contributed by atoms with E-state index in [0.29, 0.717) is 23.3 Å². The van der Waals surface area contributed by atoms with Crippen LogP contribution >= 0.6 is 23.4 Å². The van der Waals surface area contributed by atoms with E-state index in [2.05, 4.69) is 41.1 Å². The van der Waals surface area contributed by atoms with Gasteiger partial charge in [0.1, 0.15) is 0 Å². The summed E-state index contributed by atoms with van der Waals surface area (Å²) in [6.07, 6.45) is 1.77. The van der Waals surface area contributed by atoms with Crippen molar-refractivity contribution < 1.29 is 9.53 Å². The van der Waals surface area contributed by atoms with E-state index in [1.807, 2.05) is 48.0 Å². The van der Waals surface area contributed by atoms with Gasteiger partial charge in [0.15, 0.2) is 16.8 Å². The number of carbonyl (C=O) groups is 1. The Morgan fingerprint density at radius 2 is 1.88 bits per heavy atom. The number of ketones is 1. The van der Waals surface area contributed by atoms with Crippen LogP contribution in [0.25, 0.3) is 11.4 Å². The maximum Gasteiger partial charge on any atom is 0.192 e. The van der Waals surface area contributed by atoms with E-state index in [1.165, 1.54) is 17.3 Å². The third kappa shape index (κ3) is 4.71. The highest BCUT2D eigenvalue weighted by atomic mass is 35.5. The number of para-hydroxylation sites is 1. The summed E-state index contributed by atoms with van der Waals surface area (Å²) in [5.74, 6) is 1.04. The summed E-state index contributed by atoms with van der Waals surface area (Å²) in [6, 6.07) is 15.8. The highest BCUT2D eigenvalue weighted by Gasteiger charge is 2.38. The van der Waals surface area contributed by atoms with Crippen LogP contribution in [0.5, 0.6) is 0 Å². The predicted molar refractivity (Wildman–Crippen MR) is 134 cm³/mol. The number of allylic oxidation sites excluding steroid dienone is 2. The number of methoxy groups -OCH3 is 1. The van der Waals surface area contributed by atoms with Gasteiger partial charge in [0.05, 0.1) is 18.9 Å². The van der Waals surface area contributed by atoms with Crippen molar-refractivity contribution >= 4 is 34.8 Å². The Morgan fingerprint density at radius 3 is 2.58 bits per heavy atom. The van der Waals surface area contributed by atoms with Crippen LogP contribution in [0.4, 0.5) is 5.69 Å². The Morgan fingerprint density at radius 1 is 1.15 bits per heavy atom. The van der Waals surface area contributed by atoms with Crippen LogP contribution in [0.3, 0.4) is 0 Å². The molecule has 3 aromatic rings. The molecule has 0 radical (unpaired) electrons. The molecule has 0 fully saturated rings. The molecular weight excluding hydrogens is 456 g/mol. The van der Waals surface area contributed by atoms with E-state index in [1.54, 1.807) is 13.2 Å². The van der Waals surface area contributed by atoms with Crippen LogP contribution in [-0.4, -0.2) is 47.1 Å². The van der Waals surface area contributed by atoms with E-state index in [0.717, 1.165) is 22.8 Å². The summed E-state index contributed by atoms with van der Waals surface area (Å²) in [5.41, 5.74) is 4.05. The quantitative estimate of drug-likeness (QED) is 0.324. The van der Waals surface area contributed by atoms with Crippen LogP contribution in [0, 0.1) is 0 Å². The van der Waals surface area contributed by atoms with Crippen molar-refractivity contribution in [3.05, 3.63) is 70.9 Å². The molecule has 1 aromatic heterocycles. The lowest BCUT2D eigenvalue weighted by molar-refractivity contribution is -0.112. The molecule has 1 aliphatic rings. The molecule has 0 saturated carbocycles. The molecule has 0 N–H and O–H groups in total. The zero-order chi connectivity index (χ0) is 23.6. The number of hydrogen-bond donors (Lipinski definition) is 0. The first-order chi connectivity index (χ1) is 15.8. The van der Waals surface area contributed by atoms with Crippen LogP contribution in [0.2, 0.25) is 5.02 Å². The van der Waals surface area contributed by atoms with Gasteiger partial charge < -0.3 is 9.64 Å². The lowest BCUT2D eigenvalue weighted by atomic mass is 9.83. The average Bonchev–Trinajstić information content (AvgIpc) is 3.29. The lowest BCUT2D eigenvalue weighted by Gasteiger charge is -2.23. The molecule has 172 valence electrons. The molecule has 6 nitrogen and oxygen atoms in total. The Balaban J connectivity index is 1.53. The van der Waals surface area contributed by atoms with Crippen molar-refractivity contribution in [2.24, 2.45) is 0 Å². The summed E-state index contributed by atoms with van der Waals surface area (Å²) in [6.45, 7) is 5.41. The first-order valence-electron chi connectivity index (χ1n) is 10.7. The molecule has 0 bridgehead atoms. The van der Waals surface area contributed by atoms with Gasteiger partial charge in [0.25, 0.3) is 0 Å². The second-order valence-electron chi connectivity index (χ2n) is 8.44. The second-order valence-corrected chi connectivity index (χ2v) is 9.82. The van der Waals surface area contributed by atoms with Gasteiger partial charge in [-0.1, -0.05) is 55.4 Å². The van der Waals surface area contributed by atoms with Crippen molar-refractivity contribution in [2.45, 2.75) is 31.0 Å². The number of ether oxygens (including phenoxy) is 1. The first kappa shape index (κ1) is 23.5. The predicted octanol–water partition coefficient (Wildman–Crippen LogP) is 5.22. The third-order valence-corrected chi connectivity index (χ3v) is 7.16. The van der Waals surface area contributed by atoms with Gasteiger partial charge in [-0.05, 0) is 35.9 Å². The molecule has 2 heterocycles. The minimum Gasteiger partial charge on any atom is -0.383 e. The molecule has 2 aromatic carbocycles. The normalized spacial score (nSPS) is 15.8. The summed E-state index contributed by atoms with van der Waals surface area (Å²) >= 11 is 7.42. The van der Waals surface area contributed by atoms with Crippen molar-refractivity contribution in [1.82, 2.24) is 14.8 Å². The Labute approximate surface area is 203 Å². The third-order valence-electron chi connectivity index (χ3n) is 5.92. The molecular formula is C25H27ClN4O2S. The number of thioether (sulfide) groups is 1. The fraction of sp³-hybridized carbons (Fsp3) is 0.320. The molecule has 33 heavy (non-hydrogen) atoms. The zero-order valence-corrected chi connectivity index (χ0v) is 20.8. The number of hydrogen-bond acceptors (Lipinski definition) is 6. The van der Waals surface area contributed by atoms with E-state index >= 15 is 0 Å². The molecule has 0 unspecified atom stereocenters. The largest absolute Gasteiger partial charge is 0.383 e. The Hall–Kier alpha value is -2.61. The monoisotopic (exact) mass is 482 g/mol. The maximum atomic E-state index is 13.0. The zero-order valence-electron chi connectivity index (χ0n) is 19.2. The fourth-order valence-corrected chi connectivity index (χ4v) is 5.09. The second kappa shape index (κ2) is 9.71. The van der Waals surface area contributed by atoms with Crippen LogP contribution in [-0.2, 0) is 21.5 Å². The number of likely N-dealkylation sites (N-methyl/N-ethyl adjacent to an activating group) is 1. The molecule has 4 rings (SSSR count). The number of rotatable bonds is 8. The maximum absolute atomic E-state index is 13.0. The van der Waals surface area contributed by atoms with Gasteiger partial charge in [0, 0.05) is 47.6 Å². The van der Waals surface area contributed by atoms with Gasteiger partial charge in [-0.25, -0.2) is 0 Å². The number of nitrogens with zero attached hydrogens (tertiary/aromatic N) is 4. The van der Waals surface area contributed by atoms with Crippen LogP contribution in [0.1, 0.15) is 19.4 Å². The molecule has 0 amide bonds. The van der Waals surface area contributed by atoms with E-state index < -0.39 is 0 Å². The minimum absolute atomic E-state index is 0.0389. The van der Waals surface area contributed by atoms with Gasteiger partial charge in [0.2, 0.25) is 0 Å². The Kier molecular flexibility index (Phi) is 6.93. The summed E-state index contributed by atoms with van der Waals surface area (Å²) in [5, 5.41) is 10.1. The van der Waals surface area contributed by atoms with Gasteiger partial charge in [-0.15, -0.1) is 10.2 Å². The van der Waals surface area contributed by atoms with Gasteiger partial charge in [-0.3, -0.25) is 9.36 Å². The number of aromatic nitrogens is 3. The first-order valence-corrected chi connectivity index (χ1v) is 12.1. The van der Waals surface area contributed by atoms with Crippen molar-refractivity contribution in [2.75, 3.05) is 31.4 Å². The SMILES string of the molecule is COCCn1c(SCC(=O)C=C2N(C)c3ccccc3C2(C)C)nnc1-c1ccc(Cl)cc1. The lowest BCUT2D eigenvalue weighted by Crippen LogP contribution is -2.24. The van der Waals surface area contributed by atoms with Crippen LogP contribution < -0.4 is 4.90 Å². The topological polar surface area (TPSA) is 60.2 Å². The highest BCUT2D eigenvalue weighted by molar-refractivity contribution is 7.99. The summed E-state index contributed by atoms with van der Waals surface area (Å²) in [7, 11) is 3.67. The van der Waals surface area contributed by atoms with Gasteiger partial charge >= 0.3 is 0 Å². The molecule has 0 spiro atoms. The minimum atomic E-state index is -0.230. The van der Waals surface area contributed by atoms with E-state index in [-0.39, 0.29) is 17.0 Å². The number of carbonyl (C=O) groups excluding carboxylic acids is 1. The van der Waals surface area contributed by atoms with E-state index in [4.69, 9.17) is 16.3 Å². The van der Waals surface area contributed by atoms with Crippen molar-refractivity contribution in [1.29, 1.82) is 0 Å². The van der Waals surface area contributed by atoms with Gasteiger partial charge in [-0.2, -0.15) is 0 Å². The molecule has 0 saturated heterocycles. The average molecular weight is 483 g/mol. The van der Waals surface area contributed by atoms with Crippen molar-refractivity contribution in [3.8, 4) is 11.4 Å². The summed E-state index contributed by atoms with van der Waals surface area (Å²) in [4.78, 5) is 15.1. The van der Waals surface area contributed by atoms with Crippen molar-refractivity contribution in [3.63, 3.8) is 0 Å². The molecule has 8 heteroatoms. The standard InChI is InChI=1S/C25H27ClN4O2S/c1-25(2)20-7-5-6-8-21(20)29(3)22(25)15-19(31)16-33-24-28-27-23(30(24)13-14-32-4)17-9-11-18(26)12-10-17/h5-12,15H,13-14,16H2,1-4H3. The number of fused-ring (bicyclic) bond motifs is 1. The molecule has 0 aliphatic carbocycles. The molecule has 1 aliphatic heterocycles. The fourth-order valence-electron chi connectivity index (χ4n) is 4.18.